The molecule has 0 aliphatic heterocycles. The van der Waals surface area contributed by atoms with Gasteiger partial charge in [-0.3, -0.25) is 0 Å². The van der Waals surface area contributed by atoms with Crippen molar-refractivity contribution in [3.05, 3.63) is 40.0 Å². The highest BCUT2D eigenvalue weighted by molar-refractivity contribution is 6.32. The van der Waals surface area contributed by atoms with Crippen LogP contribution in [0.2, 0.25) is 10.0 Å². The van der Waals surface area contributed by atoms with E-state index >= 15 is 0 Å². The van der Waals surface area contributed by atoms with Crippen molar-refractivity contribution < 1.29 is 33.1 Å². The summed E-state index contributed by atoms with van der Waals surface area (Å²) in [4.78, 5) is 30.8. The van der Waals surface area contributed by atoms with E-state index < -0.39 is 23.4 Å². The minimum Gasteiger partial charge on any atom is -0.487 e. The normalized spacial score (nSPS) is 12.0. The van der Waals surface area contributed by atoms with Crippen molar-refractivity contribution in [2.75, 3.05) is 4.90 Å². The average molecular weight is 568 g/mol. The summed E-state index contributed by atoms with van der Waals surface area (Å²) >= 11 is 12.8. The number of nitrogens with zero attached hydrogens (tertiary/aromatic N) is 3. The van der Waals surface area contributed by atoms with Crippen LogP contribution in [0, 0.1) is 0 Å². The number of anilines is 1. The third kappa shape index (κ3) is 7.64. The SMILES string of the molecule is CC(C)Oc1ncc(OCc2cc3onc(N(C(=O)OC(C)(C)C)C(=O)OC(C)(C)C)c3cc2Cl)cc1Cl. The predicted octanol–water partition coefficient (Wildman–Crippen LogP) is 7.57. The predicted molar refractivity (Wildman–Crippen MR) is 143 cm³/mol. The second-order valence-corrected chi connectivity index (χ2v) is 11.5. The molecule has 10 nitrogen and oxygen atoms in total. The minimum atomic E-state index is -0.972. The molecule has 206 valence electrons. The van der Waals surface area contributed by atoms with Gasteiger partial charge in [0.05, 0.1) is 17.7 Å². The molecule has 38 heavy (non-hydrogen) atoms. The Labute approximate surface area is 231 Å². The smallest absolute Gasteiger partial charge is 0.425 e. The summed E-state index contributed by atoms with van der Waals surface area (Å²) < 4.78 is 27.6. The van der Waals surface area contributed by atoms with Crippen molar-refractivity contribution in [3.8, 4) is 11.6 Å². The van der Waals surface area contributed by atoms with E-state index in [1.807, 2.05) is 13.8 Å². The van der Waals surface area contributed by atoms with Gasteiger partial charge in [0.15, 0.2) is 11.4 Å². The number of amides is 2. The van der Waals surface area contributed by atoms with Crippen molar-refractivity contribution in [1.82, 2.24) is 10.1 Å². The molecular weight excluding hydrogens is 537 g/mol. The number of carbonyl (C=O) groups excluding carboxylic acids is 2. The van der Waals surface area contributed by atoms with Crippen molar-refractivity contribution in [2.24, 2.45) is 0 Å². The molecule has 12 heteroatoms. The summed E-state index contributed by atoms with van der Waals surface area (Å²) in [6, 6.07) is 4.71. The van der Waals surface area contributed by atoms with Crippen LogP contribution >= 0.6 is 23.2 Å². The Bertz CT molecular complexity index is 1300. The number of halogens is 2. The Morgan fingerprint density at radius 2 is 1.58 bits per heavy atom. The summed E-state index contributed by atoms with van der Waals surface area (Å²) in [7, 11) is 0. The monoisotopic (exact) mass is 567 g/mol. The van der Waals surface area contributed by atoms with Crippen molar-refractivity contribution in [1.29, 1.82) is 0 Å². The first kappa shape index (κ1) is 29.3. The van der Waals surface area contributed by atoms with Crippen molar-refractivity contribution >= 4 is 52.2 Å². The van der Waals surface area contributed by atoms with Gasteiger partial charge in [-0.1, -0.05) is 28.4 Å². The molecule has 0 fully saturated rings. The van der Waals surface area contributed by atoms with Crippen LogP contribution in [0.4, 0.5) is 15.4 Å². The van der Waals surface area contributed by atoms with Gasteiger partial charge in [0, 0.05) is 16.7 Å². The molecule has 0 bridgehead atoms. The lowest BCUT2D eigenvalue weighted by Gasteiger charge is -2.27. The van der Waals surface area contributed by atoms with E-state index in [0.29, 0.717) is 32.5 Å². The molecule has 0 unspecified atom stereocenters. The molecule has 1 aromatic carbocycles. The molecule has 0 N–H and O–H groups in total. The van der Waals surface area contributed by atoms with Crippen LogP contribution in [0.1, 0.15) is 61.0 Å². The number of pyridine rings is 1. The summed E-state index contributed by atoms with van der Waals surface area (Å²) in [5.74, 6) is 0.596. The lowest BCUT2D eigenvalue weighted by atomic mass is 10.1. The number of imide groups is 1. The van der Waals surface area contributed by atoms with Crippen LogP contribution in [0.15, 0.2) is 28.9 Å². The number of ether oxygens (including phenoxy) is 4. The number of benzene rings is 1. The van der Waals surface area contributed by atoms with E-state index in [1.165, 1.54) is 12.3 Å². The molecule has 0 spiro atoms. The number of hydrogen-bond donors (Lipinski definition) is 0. The molecule has 0 atom stereocenters. The first-order valence-corrected chi connectivity index (χ1v) is 12.6. The first-order chi connectivity index (χ1) is 17.5. The van der Waals surface area contributed by atoms with Gasteiger partial charge in [-0.2, -0.15) is 4.90 Å². The molecule has 0 aliphatic rings. The largest absolute Gasteiger partial charge is 0.487 e. The van der Waals surface area contributed by atoms with Gasteiger partial charge in [-0.25, -0.2) is 14.6 Å². The summed E-state index contributed by atoms with van der Waals surface area (Å²) in [6.07, 6.45) is -0.535. The fraction of sp³-hybridized carbons (Fsp3) is 0.462. The zero-order valence-electron chi connectivity index (χ0n) is 22.5. The van der Waals surface area contributed by atoms with E-state index in [4.69, 9.17) is 46.7 Å². The zero-order valence-corrected chi connectivity index (χ0v) is 24.1. The number of hydrogen-bond acceptors (Lipinski definition) is 9. The maximum absolute atomic E-state index is 13.0. The van der Waals surface area contributed by atoms with Crippen LogP contribution < -0.4 is 14.4 Å². The molecule has 2 heterocycles. The van der Waals surface area contributed by atoms with Gasteiger partial charge in [-0.05, 0) is 67.5 Å². The summed E-state index contributed by atoms with van der Waals surface area (Å²) in [6.45, 7) is 13.9. The van der Waals surface area contributed by atoms with Gasteiger partial charge in [0.2, 0.25) is 5.88 Å². The van der Waals surface area contributed by atoms with E-state index in [0.717, 1.165) is 0 Å². The molecule has 0 aliphatic carbocycles. The second kappa shape index (κ2) is 11.2. The lowest BCUT2D eigenvalue weighted by Crippen LogP contribution is -2.44. The van der Waals surface area contributed by atoms with Crippen LogP contribution in [-0.4, -0.2) is 39.6 Å². The van der Waals surface area contributed by atoms with E-state index in [9.17, 15) is 9.59 Å². The minimum absolute atomic E-state index is 0.0506. The quantitative estimate of drug-likeness (QED) is 0.297. The van der Waals surface area contributed by atoms with Crippen LogP contribution in [0.25, 0.3) is 11.0 Å². The van der Waals surface area contributed by atoms with E-state index in [1.54, 1.807) is 53.7 Å². The molecule has 0 saturated heterocycles. The number of fused-ring (bicyclic) bond motifs is 1. The molecule has 2 aromatic heterocycles. The third-order valence-corrected chi connectivity index (χ3v) is 5.13. The second-order valence-electron chi connectivity index (χ2n) is 10.7. The maximum Gasteiger partial charge on any atom is 0.425 e. The van der Waals surface area contributed by atoms with Gasteiger partial charge in [-0.15, -0.1) is 0 Å². The number of aromatic nitrogens is 2. The zero-order chi connectivity index (χ0) is 28.4. The first-order valence-electron chi connectivity index (χ1n) is 11.8. The molecule has 3 rings (SSSR count). The highest BCUT2D eigenvalue weighted by atomic mass is 35.5. The van der Waals surface area contributed by atoms with Gasteiger partial charge in [0.1, 0.15) is 28.6 Å². The Morgan fingerprint density at radius 1 is 0.974 bits per heavy atom. The molecular formula is C26H31Cl2N3O7. The number of rotatable bonds is 6. The van der Waals surface area contributed by atoms with Crippen molar-refractivity contribution in [3.63, 3.8) is 0 Å². The lowest BCUT2D eigenvalue weighted by molar-refractivity contribution is 0.0428. The fourth-order valence-electron chi connectivity index (χ4n) is 3.08. The molecule has 3 aromatic rings. The van der Waals surface area contributed by atoms with Gasteiger partial charge >= 0.3 is 12.2 Å². The Kier molecular flexibility index (Phi) is 8.68. The molecule has 0 saturated carbocycles. The van der Waals surface area contributed by atoms with Gasteiger partial charge in [0.25, 0.3) is 0 Å². The Hall–Kier alpha value is -3.24. The third-order valence-electron chi connectivity index (χ3n) is 4.51. The van der Waals surface area contributed by atoms with Crippen LogP contribution in [0.3, 0.4) is 0 Å². The Morgan fingerprint density at radius 3 is 2.11 bits per heavy atom. The van der Waals surface area contributed by atoms with Gasteiger partial charge < -0.3 is 23.5 Å². The highest BCUT2D eigenvalue weighted by Crippen LogP contribution is 2.34. The fourth-order valence-corrected chi connectivity index (χ4v) is 3.50. The van der Waals surface area contributed by atoms with E-state index in [-0.39, 0.29) is 29.1 Å². The molecule has 0 radical (unpaired) electrons. The standard InChI is InChI=1S/C26H31Cl2N3O7/c1-14(2)35-22-19(28)10-16(12-29-22)34-13-15-9-20-17(11-18(15)27)21(30-38-20)31(23(32)36-25(3,4)5)24(33)37-26(6,7)8/h9-12,14H,13H2,1-8H3. The number of carbonyl (C=O) groups is 2. The van der Waals surface area contributed by atoms with Crippen LogP contribution in [0.5, 0.6) is 11.6 Å². The Balaban J connectivity index is 1.89. The summed E-state index contributed by atoms with van der Waals surface area (Å²) in [5.41, 5.74) is -0.940. The van der Waals surface area contributed by atoms with Crippen LogP contribution in [-0.2, 0) is 16.1 Å². The van der Waals surface area contributed by atoms with Crippen molar-refractivity contribution in [2.45, 2.75) is 79.3 Å². The van der Waals surface area contributed by atoms with E-state index in [2.05, 4.69) is 10.1 Å². The molecule has 2 amide bonds. The highest BCUT2D eigenvalue weighted by Gasteiger charge is 2.36. The maximum atomic E-state index is 13.0. The summed E-state index contributed by atoms with van der Waals surface area (Å²) in [5, 5.41) is 4.85. The average Bonchev–Trinajstić information content (AvgIpc) is 3.13. The topological polar surface area (TPSA) is 113 Å².